The highest BCUT2D eigenvalue weighted by Crippen LogP contribution is 2.69. The maximum Gasteiger partial charge on any atom is 0.572 e. The van der Waals surface area contributed by atoms with Crippen molar-refractivity contribution < 1.29 is 39.4 Å². The molecule has 3 aromatic rings. The average molecular weight is 588 g/mol. The van der Waals surface area contributed by atoms with Gasteiger partial charge in [-0.15, -0.1) is 8.42 Å². The van der Waals surface area contributed by atoms with E-state index in [0.717, 1.165) is 0 Å². The lowest BCUT2D eigenvalue weighted by Gasteiger charge is -2.35. The Morgan fingerprint density at radius 1 is 0.590 bits per heavy atom. The van der Waals surface area contributed by atoms with E-state index < -0.39 is 37.1 Å². The molecule has 214 valence electrons. The molecule has 0 aliphatic heterocycles. The minimum absolute atomic E-state index is 0.269. The summed E-state index contributed by atoms with van der Waals surface area (Å²) < 4.78 is 87.4. The Kier molecular flexibility index (Phi) is 8.60. The second-order valence-electron chi connectivity index (χ2n) is 10.6. The van der Waals surface area contributed by atoms with Crippen molar-refractivity contribution in [1.29, 1.82) is 0 Å². The molecule has 39 heavy (non-hydrogen) atoms. The Labute approximate surface area is 229 Å². The number of ether oxygens (including phenoxy) is 3. The molecule has 6 nitrogen and oxygen atoms in total. The molecule has 0 atom stereocenters. The highest BCUT2D eigenvalue weighted by molar-refractivity contribution is 8.32. The zero-order chi connectivity index (χ0) is 29.3. The zero-order valence-corrected chi connectivity index (χ0v) is 24.5. The van der Waals surface area contributed by atoms with E-state index in [2.05, 4.69) is 3.63 Å². The molecule has 0 bridgehead atoms. The molecule has 0 saturated heterocycles. The van der Waals surface area contributed by atoms with E-state index >= 15 is 0 Å². The van der Waals surface area contributed by atoms with Crippen molar-refractivity contribution in [3.05, 3.63) is 72.8 Å². The summed E-state index contributed by atoms with van der Waals surface area (Å²) in [6.07, 6.45) is 0. The third-order valence-electron chi connectivity index (χ3n) is 5.08. The fourth-order valence-electron chi connectivity index (χ4n) is 3.62. The van der Waals surface area contributed by atoms with Gasteiger partial charge in [0.1, 0.15) is 28.5 Å². The van der Waals surface area contributed by atoms with Gasteiger partial charge in [0.05, 0.1) is 32.1 Å². The molecule has 0 spiro atoms. The molecule has 0 aliphatic rings. The Morgan fingerprint density at radius 2 is 0.897 bits per heavy atom. The van der Waals surface area contributed by atoms with Crippen LogP contribution >= 0.6 is 10.3 Å². The van der Waals surface area contributed by atoms with Crippen molar-refractivity contribution in [2.45, 2.75) is 72.9 Å². The molecular weight excluding hydrogens is 553 g/mol. The molecule has 0 unspecified atom stereocenters. The minimum atomic E-state index is -5.93. The Morgan fingerprint density at radius 3 is 1.15 bits per heavy atom. The summed E-state index contributed by atoms with van der Waals surface area (Å²) in [6, 6.07) is 18.8. The van der Waals surface area contributed by atoms with Crippen LogP contribution in [0.3, 0.4) is 0 Å². The van der Waals surface area contributed by atoms with Crippen molar-refractivity contribution >= 4 is 20.4 Å². The molecular formula is C28H34F3O6S2+. The molecule has 0 heterocycles. The number of halogens is 3. The summed E-state index contributed by atoms with van der Waals surface area (Å²) in [4.78, 5) is 0.808. The van der Waals surface area contributed by atoms with Gasteiger partial charge in [-0.3, -0.25) is 3.63 Å². The zero-order valence-electron chi connectivity index (χ0n) is 22.9. The maximum absolute atomic E-state index is 13.8. The van der Waals surface area contributed by atoms with Gasteiger partial charge in [0.15, 0.2) is 0 Å². The summed E-state index contributed by atoms with van der Waals surface area (Å²) in [5, 5.41) is 0. The van der Waals surface area contributed by atoms with Crippen LogP contribution in [-0.2, 0) is 10.1 Å². The summed E-state index contributed by atoms with van der Waals surface area (Å²) in [5.41, 5.74) is -6.63. The van der Waals surface area contributed by atoms with Gasteiger partial charge in [-0.2, -0.15) is 13.2 Å². The van der Waals surface area contributed by atoms with E-state index in [1.54, 1.807) is 60.7 Å². The maximum atomic E-state index is 13.8. The number of hydrogen-bond donors (Lipinski definition) is 0. The smallest absolute Gasteiger partial charge is 0.497 e. The minimum Gasteiger partial charge on any atom is -0.497 e. The molecule has 0 saturated carbocycles. The lowest BCUT2D eigenvalue weighted by atomic mass is 10.2. The molecule has 0 fully saturated rings. The fraction of sp³-hybridized carbons (Fsp3) is 0.357. The molecule has 3 aromatic carbocycles. The van der Waals surface area contributed by atoms with Gasteiger partial charge < -0.3 is 14.2 Å². The lowest BCUT2D eigenvalue weighted by Crippen LogP contribution is -2.30. The van der Waals surface area contributed by atoms with Crippen LogP contribution in [0, 0.1) is 0 Å². The van der Waals surface area contributed by atoms with Crippen LogP contribution in [0.5, 0.6) is 17.2 Å². The van der Waals surface area contributed by atoms with Crippen molar-refractivity contribution in [2.75, 3.05) is 7.11 Å². The van der Waals surface area contributed by atoms with E-state index in [-0.39, 0.29) is 14.7 Å². The topological polar surface area (TPSA) is 74.6 Å². The number of alkyl halides is 3. The van der Waals surface area contributed by atoms with E-state index in [0.29, 0.717) is 17.2 Å². The van der Waals surface area contributed by atoms with Crippen molar-refractivity contribution in [1.82, 2.24) is 0 Å². The van der Waals surface area contributed by atoms with Crippen LogP contribution < -0.4 is 14.2 Å². The van der Waals surface area contributed by atoms with Crippen LogP contribution in [0.15, 0.2) is 87.5 Å². The Hall–Kier alpha value is -2.89. The predicted octanol–water partition coefficient (Wildman–Crippen LogP) is 8.19. The van der Waals surface area contributed by atoms with Gasteiger partial charge in [0.2, 0.25) is 0 Å². The third-order valence-corrected chi connectivity index (χ3v) is 10.2. The first kappa shape index (κ1) is 30.6. The molecule has 0 radical (unpaired) electrons. The monoisotopic (exact) mass is 587 g/mol. The van der Waals surface area contributed by atoms with Crippen LogP contribution in [0.4, 0.5) is 13.2 Å². The predicted molar refractivity (Wildman–Crippen MR) is 147 cm³/mol. The molecule has 11 heteroatoms. The summed E-state index contributed by atoms with van der Waals surface area (Å²) in [6.45, 7) is 11.2. The Bertz CT molecular complexity index is 1300. The van der Waals surface area contributed by atoms with Gasteiger partial charge in [-0.05, 0) is 114 Å². The average Bonchev–Trinajstić information content (AvgIpc) is 2.81. The standard InChI is InChI=1S/C28H33F3O6S2/c1-26(2,3)35-21-10-16-24(17-11-21)38(37-39(32,33)28(29,30)31,23-14-8-20(34-7)9-15-23)25-18-12-22(13-19-25)36-27(4,5)6/h8-19H,1-7H3/p+1. The van der Waals surface area contributed by atoms with E-state index in [1.165, 1.54) is 19.2 Å². The van der Waals surface area contributed by atoms with Gasteiger partial charge in [0, 0.05) is 0 Å². The highest BCUT2D eigenvalue weighted by atomic mass is 32.3. The second-order valence-corrected chi connectivity index (χ2v) is 15.2. The van der Waals surface area contributed by atoms with E-state index in [1.807, 2.05) is 41.5 Å². The number of methoxy groups -OCH3 is 1. The van der Waals surface area contributed by atoms with Gasteiger partial charge in [0.25, 0.3) is 0 Å². The van der Waals surface area contributed by atoms with Crippen LogP contribution in [0.1, 0.15) is 41.5 Å². The van der Waals surface area contributed by atoms with Crippen LogP contribution in [-0.4, -0.2) is 35.9 Å². The Balaban J connectivity index is 2.32. The fourth-order valence-corrected chi connectivity index (χ4v) is 8.57. The summed E-state index contributed by atoms with van der Waals surface area (Å²) in [7, 11) is -7.84. The second kappa shape index (κ2) is 10.9. The quantitative estimate of drug-likeness (QED) is 0.151. The first-order valence-corrected chi connectivity index (χ1v) is 15.0. The van der Waals surface area contributed by atoms with Gasteiger partial charge >= 0.3 is 15.6 Å². The van der Waals surface area contributed by atoms with Crippen molar-refractivity contribution in [3.8, 4) is 17.2 Å². The van der Waals surface area contributed by atoms with Gasteiger partial charge in [-0.25, -0.2) is 0 Å². The lowest BCUT2D eigenvalue weighted by molar-refractivity contribution is -0.0540. The van der Waals surface area contributed by atoms with Crippen molar-refractivity contribution in [3.63, 3.8) is 0 Å². The van der Waals surface area contributed by atoms with E-state index in [4.69, 9.17) is 14.2 Å². The highest BCUT2D eigenvalue weighted by Gasteiger charge is 2.58. The van der Waals surface area contributed by atoms with Crippen molar-refractivity contribution in [2.24, 2.45) is 0 Å². The largest absolute Gasteiger partial charge is 0.572 e. The van der Waals surface area contributed by atoms with Crippen LogP contribution in [0.25, 0.3) is 0 Å². The third kappa shape index (κ3) is 7.40. The molecule has 0 amide bonds. The normalized spacial score (nSPS) is 13.6. The van der Waals surface area contributed by atoms with Crippen LogP contribution in [0.2, 0.25) is 0 Å². The number of hydrogen-bond acceptors (Lipinski definition) is 5. The molecule has 1 N–H and O–H groups in total. The number of rotatable bonds is 8. The van der Waals surface area contributed by atoms with Gasteiger partial charge in [-0.1, -0.05) is 0 Å². The first-order chi connectivity index (χ1) is 17.9. The first-order valence-electron chi connectivity index (χ1n) is 12.0. The van der Waals surface area contributed by atoms with E-state index in [9.17, 15) is 21.6 Å². The molecule has 3 rings (SSSR count). The number of benzene rings is 3. The molecule has 0 aromatic heterocycles. The summed E-state index contributed by atoms with van der Waals surface area (Å²) in [5.74, 6) is 1.40. The summed E-state index contributed by atoms with van der Waals surface area (Å²) >= 11 is 0. The SMILES string of the molecule is COc1ccc(S([OH+]S(=O)(=O)C(F)(F)F)(c2ccc(OC(C)(C)C)cc2)c2ccc(OC(C)(C)C)cc2)cc1. The molecule has 0 aliphatic carbocycles.